The lowest BCUT2D eigenvalue weighted by Crippen LogP contribution is -2.48. The molecule has 2 saturated carbocycles. The van der Waals surface area contributed by atoms with Crippen molar-refractivity contribution in [3.05, 3.63) is 0 Å². The lowest BCUT2D eigenvalue weighted by atomic mass is 9.36. The number of amides is 1. The summed E-state index contributed by atoms with van der Waals surface area (Å²) < 4.78 is 0. The van der Waals surface area contributed by atoms with E-state index < -0.39 is 0 Å². The number of hydrogen-bond acceptors (Lipinski definition) is 1. The van der Waals surface area contributed by atoms with Crippen LogP contribution in [0.1, 0.15) is 182 Å². The Morgan fingerprint density at radius 1 is 0.722 bits per heavy atom. The minimum absolute atomic E-state index is 0.0148. The van der Waals surface area contributed by atoms with Crippen molar-refractivity contribution in [3.8, 4) is 0 Å². The first kappa shape index (κ1) is 31.8. The van der Waals surface area contributed by atoms with Gasteiger partial charge in [-0.25, -0.2) is 0 Å². The smallest absolute Gasteiger partial charge is 0.223 e. The van der Waals surface area contributed by atoms with E-state index in [2.05, 4.69) is 39.9 Å². The molecule has 0 spiro atoms. The standard InChI is InChI=1S/C33H64BNO/c1-6-8-10-12-18-28-33(5,27-9-7-2)35-30(36)29-21-15-19-25-32(4,26-20-22-29)34-31(3)23-16-13-11-14-17-24-31/h29,34H,6-28H2,1-5H3,(H,35,36). The molecule has 0 heterocycles. The van der Waals surface area contributed by atoms with E-state index in [4.69, 9.17) is 0 Å². The molecule has 2 nitrogen and oxygen atoms in total. The topological polar surface area (TPSA) is 29.1 Å². The lowest BCUT2D eigenvalue weighted by molar-refractivity contribution is -0.127. The van der Waals surface area contributed by atoms with Gasteiger partial charge in [-0.3, -0.25) is 4.79 Å². The Hall–Kier alpha value is -0.465. The number of hydrogen-bond donors (Lipinski definition) is 1. The van der Waals surface area contributed by atoms with E-state index >= 15 is 0 Å². The predicted molar refractivity (Wildman–Crippen MR) is 161 cm³/mol. The van der Waals surface area contributed by atoms with E-state index in [9.17, 15) is 4.79 Å². The third-order valence-corrected chi connectivity index (χ3v) is 10.0. The first-order valence-electron chi connectivity index (χ1n) is 16.6. The van der Waals surface area contributed by atoms with Crippen molar-refractivity contribution in [2.75, 3.05) is 0 Å². The molecular weight excluding hydrogens is 437 g/mol. The fraction of sp³-hybridized carbons (Fsp3) is 0.970. The summed E-state index contributed by atoms with van der Waals surface area (Å²) >= 11 is 0. The molecule has 2 aliphatic carbocycles. The maximum atomic E-state index is 13.6. The summed E-state index contributed by atoms with van der Waals surface area (Å²) in [4.78, 5) is 13.6. The number of nitrogens with one attached hydrogen (secondary N) is 1. The van der Waals surface area contributed by atoms with Gasteiger partial charge in [0.25, 0.3) is 0 Å². The first-order chi connectivity index (χ1) is 17.2. The van der Waals surface area contributed by atoms with Crippen LogP contribution in [-0.2, 0) is 4.79 Å². The molecule has 36 heavy (non-hydrogen) atoms. The minimum Gasteiger partial charge on any atom is -0.351 e. The third-order valence-electron chi connectivity index (χ3n) is 10.0. The highest BCUT2D eigenvalue weighted by molar-refractivity contribution is 6.44. The number of carbonyl (C=O) groups is 1. The molecule has 2 rings (SSSR count). The summed E-state index contributed by atoms with van der Waals surface area (Å²) in [6, 6.07) is 0. The fourth-order valence-corrected chi connectivity index (χ4v) is 7.73. The molecule has 0 aromatic heterocycles. The van der Waals surface area contributed by atoms with Crippen LogP contribution in [-0.4, -0.2) is 18.7 Å². The SMILES string of the molecule is CCCCCCCC(C)(CCCC)NC(=O)C1CCCCC(C)(BC2(C)CCCCCCC2)CCC1. The largest absolute Gasteiger partial charge is 0.351 e. The molecular formula is C33H64BNO. The average Bonchev–Trinajstić information content (AvgIpc) is 2.91. The van der Waals surface area contributed by atoms with Gasteiger partial charge in [0.15, 0.2) is 0 Å². The van der Waals surface area contributed by atoms with Gasteiger partial charge < -0.3 is 5.32 Å². The molecule has 1 N–H and O–H groups in total. The molecule has 0 radical (unpaired) electrons. The molecule has 210 valence electrons. The highest BCUT2D eigenvalue weighted by Crippen LogP contribution is 2.50. The van der Waals surface area contributed by atoms with Crippen molar-refractivity contribution in [1.82, 2.24) is 5.32 Å². The molecule has 1 amide bonds. The van der Waals surface area contributed by atoms with E-state index in [-0.39, 0.29) is 11.5 Å². The monoisotopic (exact) mass is 502 g/mol. The van der Waals surface area contributed by atoms with Gasteiger partial charge in [-0.05, 0) is 32.6 Å². The Bertz CT molecular complexity index is 598. The van der Waals surface area contributed by atoms with Crippen molar-refractivity contribution in [2.24, 2.45) is 5.92 Å². The lowest BCUT2D eigenvalue weighted by Gasteiger charge is -2.40. The van der Waals surface area contributed by atoms with Crippen molar-refractivity contribution in [1.29, 1.82) is 0 Å². The fourth-order valence-electron chi connectivity index (χ4n) is 7.73. The summed E-state index contributed by atoms with van der Waals surface area (Å²) in [5.41, 5.74) is -0.0148. The van der Waals surface area contributed by atoms with Crippen LogP contribution in [0.4, 0.5) is 0 Å². The summed E-state index contributed by atoms with van der Waals surface area (Å²) in [6.45, 7) is 12.1. The Kier molecular flexibility index (Phi) is 14.5. The second-order valence-electron chi connectivity index (χ2n) is 14.2. The van der Waals surface area contributed by atoms with E-state index in [1.54, 1.807) is 0 Å². The van der Waals surface area contributed by atoms with Crippen LogP contribution in [0.2, 0.25) is 10.6 Å². The van der Waals surface area contributed by atoms with E-state index in [1.807, 2.05) is 0 Å². The van der Waals surface area contributed by atoms with Gasteiger partial charge in [-0.2, -0.15) is 0 Å². The van der Waals surface area contributed by atoms with Crippen LogP contribution in [0.5, 0.6) is 0 Å². The third kappa shape index (κ3) is 11.9. The highest BCUT2D eigenvalue weighted by atomic mass is 16.2. The van der Waals surface area contributed by atoms with Crippen LogP contribution in [0.25, 0.3) is 0 Å². The van der Waals surface area contributed by atoms with E-state index in [1.165, 1.54) is 129 Å². The molecule has 0 aromatic carbocycles. The molecule has 0 aromatic rings. The van der Waals surface area contributed by atoms with Crippen LogP contribution < -0.4 is 5.32 Å². The van der Waals surface area contributed by atoms with Gasteiger partial charge in [0.05, 0.1) is 0 Å². The molecule has 3 atom stereocenters. The Morgan fingerprint density at radius 2 is 1.22 bits per heavy atom. The van der Waals surface area contributed by atoms with Gasteiger partial charge in [-0.1, -0.05) is 160 Å². The van der Waals surface area contributed by atoms with E-state index in [0.29, 0.717) is 16.5 Å². The molecule has 2 fully saturated rings. The summed E-state index contributed by atoms with van der Waals surface area (Å²) in [7, 11) is 1.41. The Labute approximate surface area is 227 Å². The predicted octanol–water partition coefficient (Wildman–Crippen LogP) is 10.3. The summed E-state index contributed by atoms with van der Waals surface area (Å²) in [5.74, 6) is 0.600. The molecule has 3 unspecified atom stereocenters. The zero-order valence-electron chi connectivity index (χ0n) is 25.5. The van der Waals surface area contributed by atoms with Crippen LogP contribution >= 0.6 is 0 Å². The number of unbranched alkanes of at least 4 members (excludes halogenated alkanes) is 5. The molecule has 3 heteroatoms. The van der Waals surface area contributed by atoms with Crippen LogP contribution in [0.15, 0.2) is 0 Å². The van der Waals surface area contributed by atoms with Gasteiger partial charge in [0.1, 0.15) is 7.28 Å². The van der Waals surface area contributed by atoms with Gasteiger partial charge in [0, 0.05) is 11.5 Å². The Morgan fingerprint density at radius 3 is 1.86 bits per heavy atom. The van der Waals surface area contributed by atoms with Gasteiger partial charge in [0.2, 0.25) is 5.91 Å². The van der Waals surface area contributed by atoms with Crippen molar-refractivity contribution < 1.29 is 4.79 Å². The van der Waals surface area contributed by atoms with E-state index in [0.717, 1.165) is 25.7 Å². The maximum absolute atomic E-state index is 13.6. The molecule has 2 aliphatic rings. The summed E-state index contributed by atoms with van der Waals surface area (Å²) in [6.07, 6.45) is 30.0. The van der Waals surface area contributed by atoms with Crippen molar-refractivity contribution in [3.63, 3.8) is 0 Å². The van der Waals surface area contributed by atoms with Gasteiger partial charge in [-0.15, -0.1) is 0 Å². The maximum Gasteiger partial charge on any atom is 0.223 e. The zero-order chi connectivity index (χ0) is 26.3. The molecule has 0 bridgehead atoms. The molecule has 0 aliphatic heterocycles. The van der Waals surface area contributed by atoms with Crippen LogP contribution in [0, 0.1) is 5.92 Å². The van der Waals surface area contributed by atoms with Crippen molar-refractivity contribution >= 4 is 13.2 Å². The van der Waals surface area contributed by atoms with Crippen molar-refractivity contribution in [2.45, 2.75) is 198 Å². The second kappa shape index (κ2) is 16.5. The molecule has 0 saturated heterocycles. The number of carbonyl (C=O) groups excluding carboxylic acids is 1. The quantitative estimate of drug-likeness (QED) is 0.197. The second-order valence-corrected chi connectivity index (χ2v) is 14.2. The summed E-state index contributed by atoms with van der Waals surface area (Å²) in [5, 5.41) is 4.63. The zero-order valence-corrected chi connectivity index (χ0v) is 25.5. The minimum atomic E-state index is -0.0148. The first-order valence-corrected chi connectivity index (χ1v) is 16.6. The van der Waals surface area contributed by atoms with Crippen LogP contribution in [0.3, 0.4) is 0 Å². The Balaban J connectivity index is 1.92. The average molecular weight is 502 g/mol. The van der Waals surface area contributed by atoms with Gasteiger partial charge >= 0.3 is 0 Å². The number of rotatable bonds is 13. The highest BCUT2D eigenvalue weighted by Gasteiger charge is 2.37. The normalized spacial score (nSPS) is 27.4.